The first-order valence-electron chi connectivity index (χ1n) is 12.3. The number of anilines is 4. The lowest BCUT2D eigenvalue weighted by atomic mass is 9.74. The van der Waals surface area contributed by atoms with Crippen molar-refractivity contribution in [2.75, 3.05) is 59.7 Å². The van der Waals surface area contributed by atoms with Gasteiger partial charge in [-0.1, -0.05) is 12.1 Å². The van der Waals surface area contributed by atoms with Crippen LogP contribution in [-0.4, -0.2) is 76.6 Å². The van der Waals surface area contributed by atoms with E-state index in [9.17, 15) is 5.11 Å². The Bertz CT molecular complexity index is 1240. The number of phenolic OH excluding ortho intramolecular Hbond substituents is 1. The van der Waals surface area contributed by atoms with Crippen LogP contribution in [0.4, 0.5) is 23.1 Å². The summed E-state index contributed by atoms with van der Waals surface area (Å²) in [6.07, 6.45) is 6.16. The molecule has 4 fully saturated rings. The fourth-order valence-electron chi connectivity index (χ4n) is 6.15. The predicted octanol–water partition coefficient (Wildman–Crippen LogP) is 1.49. The summed E-state index contributed by atoms with van der Waals surface area (Å²) in [6, 6.07) is 9.73. The molecule has 180 valence electrons. The molecule has 4 aliphatic rings. The zero-order valence-corrected chi connectivity index (χ0v) is 19.5. The van der Waals surface area contributed by atoms with Gasteiger partial charge in [-0.3, -0.25) is 0 Å². The normalized spacial score (nSPS) is 24.4. The van der Waals surface area contributed by atoms with E-state index in [1.807, 2.05) is 30.6 Å². The van der Waals surface area contributed by atoms with Gasteiger partial charge in [-0.2, -0.15) is 0 Å². The lowest BCUT2D eigenvalue weighted by molar-refractivity contribution is 0.121. The highest BCUT2D eigenvalue weighted by molar-refractivity contribution is 5.74. The Balaban J connectivity index is 1.09. The number of fused-ring (bicyclic) bond motifs is 2. The molecule has 0 amide bonds. The van der Waals surface area contributed by atoms with Crippen LogP contribution in [0.25, 0.3) is 11.3 Å². The number of benzene rings is 1. The van der Waals surface area contributed by atoms with Crippen LogP contribution in [0.15, 0.2) is 42.7 Å². The van der Waals surface area contributed by atoms with Crippen LogP contribution in [-0.2, 0) is 0 Å². The fraction of sp³-hybridized carbons (Fsp3) is 0.440. The van der Waals surface area contributed by atoms with Gasteiger partial charge in [-0.15, -0.1) is 10.2 Å². The first-order valence-corrected chi connectivity index (χ1v) is 12.3. The summed E-state index contributed by atoms with van der Waals surface area (Å²) in [5.74, 6) is 1.41. The molecule has 10 nitrogen and oxygen atoms in total. The number of aromatic hydroxyl groups is 1. The topological polar surface area (TPSA) is 120 Å². The minimum atomic E-state index is 0.181. The first-order chi connectivity index (χ1) is 17.1. The third kappa shape index (κ3) is 3.35. The van der Waals surface area contributed by atoms with Crippen LogP contribution in [0, 0.1) is 5.41 Å². The van der Waals surface area contributed by atoms with Gasteiger partial charge in [0, 0.05) is 62.3 Å². The van der Waals surface area contributed by atoms with Gasteiger partial charge in [0.2, 0.25) is 5.95 Å². The number of rotatable bonds is 4. The van der Waals surface area contributed by atoms with Gasteiger partial charge >= 0.3 is 0 Å². The van der Waals surface area contributed by atoms with Crippen molar-refractivity contribution in [3.63, 3.8) is 0 Å². The SMILES string of the molecule is Nc1nnc(-c2ccccc2O)cc1N1CC2CCC(C1)N2c1ncc(N2CC3(CNC3)C2)cn1. The van der Waals surface area contributed by atoms with Gasteiger partial charge in [0.15, 0.2) is 5.82 Å². The molecule has 6 heterocycles. The number of nitrogen functional groups attached to an aromatic ring is 1. The van der Waals surface area contributed by atoms with Crippen LogP contribution in [0.5, 0.6) is 5.75 Å². The van der Waals surface area contributed by atoms with E-state index in [-0.39, 0.29) is 5.75 Å². The minimum Gasteiger partial charge on any atom is -0.507 e. The monoisotopic (exact) mass is 471 g/mol. The molecule has 2 aromatic heterocycles. The molecule has 2 unspecified atom stereocenters. The van der Waals surface area contributed by atoms with Crippen molar-refractivity contribution in [1.82, 2.24) is 25.5 Å². The summed E-state index contributed by atoms with van der Waals surface area (Å²) in [5.41, 5.74) is 10.00. The number of piperazine rings is 1. The van der Waals surface area contributed by atoms with Gasteiger partial charge in [0.05, 0.1) is 29.5 Å². The number of nitrogens with one attached hydrogen (secondary N) is 1. The third-order valence-corrected chi connectivity index (χ3v) is 8.08. The van der Waals surface area contributed by atoms with Crippen molar-refractivity contribution in [1.29, 1.82) is 0 Å². The molecule has 35 heavy (non-hydrogen) atoms. The Kier molecular flexibility index (Phi) is 4.54. The summed E-state index contributed by atoms with van der Waals surface area (Å²) in [5, 5.41) is 22.1. The maximum Gasteiger partial charge on any atom is 0.226 e. The lowest BCUT2D eigenvalue weighted by Crippen LogP contribution is -2.71. The number of phenols is 1. The van der Waals surface area contributed by atoms with E-state index >= 15 is 0 Å². The van der Waals surface area contributed by atoms with E-state index in [2.05, 4.69) is 30.2 Å². The van der Waals surface area contributed by atoms with E-state index < -0.39 is 0 Å². The molecule has 2 atom stereocenters. The molecular formula is C25H29N9O. The molecular weight excluding hydrogens is 442 g/mol. The van der Waals surface area contributed by atoms with Crippen molar-refractivity contribution in [3.8, 4) is 17.0 Å². The van der Waals surface area contributed by atoms with E-state index in [0.29, 0.717) is 34.6 Å². The van der Waals surface area contributed by atoms with E-state index in [1.54, 1.807) is 12.1 Å². The molecule has 2 bridgehead atoms. The third-order valence-electron chi connectivity index (χ3n) is 8.08. The van der Waals surface area contributed by atoms with Crippen molar-refractivity contribution in [2.45, 2.75) is 24.9 Å². The number of hydrogen-bond acceptors (Lipinski definition) is 10. The van der Waals surface area contributed by atoms with Crippen molar-refractivity contribution in [2.24, 2.45) is 5.41 Å². The molecule has 7 rings (SSSR count). The van der Waals surface area contributed by atoms with Gasteiger partial charge in [0.1, 0.15) is 5.75 Å². The molecule has 4 aliphatic heterocycles. The molecule has 0 aliphatic carbocycles. The van der Waals surface area contributed by atoms with E-state index in [1.165, 1.54) is 0 Å². The number of nitrogens with two attached hydrogens (primary N) is 1. The molecule has 1 spiro atoms. The molecule has 0 radical (unpaired) electrons. The minimum absolute atomic E-state index is 0.181. The van der Waals surface area contributed by atoms with Crippen LogP contribution < -0.4 is 25.8 Å². The molecule has 1 aromatic carbocycles. The molecule has 4 N–H and O–H groups in total. The van der Waals surface area contributed by atoms with Crippen molar-refractivity contribution >= 4 is 23.1 Å². The maximum absolute atomic E-state index is 10.3. The average Bonchev–Trinajstić information content (AvgIpc) is 3.08. The number of aromatic nitrogens is 4. The molecule has 0 saturated carbocycles. The van der Waals surface area contributed by atoms with Crippen LogP contribution >= 0.6 is 0 Å². The Hall–Kier alpha value is -3.66. The Morgan fingerprint density at radius 1 is 0.971 bits per heavy atom. The summed E-state index contributed by atoms with van der Waals surface area (Å²) in [4.78, 5) is 16.6. The summed E-state index contributed by atoms with van der Waals surface area (Å²) < 4.78 is 0. The van der Waals surface area contributed by atoms with Gasteiger partial charge in [0.25, 0.3) is 0 Å². The van der Waals surface area contributed by atoms with Crippen LogP contribution in [0.2, 0.25) is 0 Å². The van der Waals surface area contributed by atoms with Crippen LogP contribution in [0.1, 0.15) is 12.8 Å². The number of para-hydroxylation sites is 1. The lowest BCUT2D eigenvalue weighted by Gasteiger charge is -2.56. The smallest absolute Gasteiger partial charge is 0.226 e. The quantitative estimate of drug-likeness (QED) is 0.516. The van der Waals surface area contributed by atoms with E-state index in [0.717, 1.165) is 69.4 Å². The second kappa shape index (κ2) is 7.67. The summed E-state index contributed by atoms with van der Waals surface area (Å²) in [6.45, 7) is 6.08. The zero-order chi connectivity index (χ0) is 23.6. The van der Waals surface area contributed by atoms with Crippen molar-refractivity contribution in [3.05, 3.63) is 42.7 Å². The highest BCUT2D eigenvalue weighted by Crippen LogP contribution is 2.39. The molecule has 4 saturated heterocycles. The first kappa shape index (κ1) is 20.7. The van der Waals surface area contributed by atoms with Gasteiger partial charge in [-0.25, -0.2) is 9.97 Å². The maximum atomic E-state index is 10.3. The average molecular weight is 472 g/mol. The zero-order valence-electron chi connectivity index (χ0n) is 19.5. The van der Waals surface area contributed by atoms with E-state index in [4.69, 9.17) is 15.7 Å². The second-order valence-electron chi connectivity index (χ2n) is 10.4. The Morgan fingerprint density at radius 2 is 1.69 bits per heavy atom. The van der Waals surface area contributed by atoms with Gasteiger partial charge in [-0.05, 0) is 31.0 Å². The Labute approximate surface area is 203 Å². The van der Waals surface area contributed by atoms with Crippen molar-refractivity contribution < 1.29 is 5.11 Å². The fourth-order valence-corrected chi connectivity index (χ4v) is 6.15. The molecule has 3 aromatic rings. The standard InChI is InChI=1S/C25H29N9O/c26-23-21(7-20(30-31-23)19-3-1-2-4-22(19)35)32-10-16-5-6-17(11-32)34(16)24-28-8-18(9-29-24)33-14-25(15-33)12-27-13-25/h1-4,7-9,16-17,27,35H,5-6,10-15H2,(H2,26,31). The highest BCUT2D eigenvalue weighted by atomic mass is 16.3. The van der Waals surface area contributed by atoms with Gasteiger partial charge < -0.3 is 30.9 Å². The molecule has 10 heteroatoms. The summed E-state index contributed by atoms with van der Waals surface area (Å²) >= 11 is 0. The van der Waals surface area contributed by atoms with Crippen LogP contribution in [0.3, 0.4) is 0 Å². The number of hydrogen-bond donors (Lipinski definition) is 3. The highest BCUT2D eigenvalue weighted by Gasteiger charge is 2.48. The second-order valence-corrected chi connectivity index (χ2v) is 10.4. The number of nitrogens with zero attached hydrogens (tertiary/aromatic N) is 7. The summed E-state index contributed by atoms with van der Waals surface area (Å²) in [7, 11) is 0. The predicted molar refractivity (Wildman–Crippen MR) is 135 cm³/mol. The Morgan fingerprint density at radius 3 is 2.34 bits per heavy atom. The largest absolute Gasteiger partial charge is 0.507 e.